The van der Waals surface area contributed by atoms with Gasteiger partial charge in [-0.3, -0.25) is 0 Å². The molecule has 0 atom stereocenters. The van der Waals surface area contributed by atoms with Crippen LogP contribution in [0.4, 0.5) is 0 Å². The Morgan fingerprint density at radius 1 is 0.750 bits per heavy atom. The van der Waals surface area contributed by atoms with Crippen molar-refractivity contribution in [1.29, 1.82) is 0 Å². The molecule has 64 valence electrons. The van der Waals surface area contributed by atoms with E-state index < -0.39 is 11.9 Å². The van der Waals surface area contributed by atoms with Gasteiger partial charge in [-0.05, 0) is 0 Å². The van der Waals surface area contributed by atoms with Crippen molar-refractivity contribution in [1.82, 2.24) is 0 Å². The molecule has 0 unspecified atom stereocenters. The van der Waals surface area contributed by atoms with Crippen LogP contribution in [0.1, 0.15) is 0 Å². The fraction of sp³-hybridized carbons (Fsp3) is 0. The molecule has 4 nitrogen and oxygen atoms in total. The summed E-state index contributed by atoms with van der Waals surface area (Å²) in [6.45, 7) is 0. The molecule has 0 saturated heterocycles. The summed E-state index contributed by atoms with van der Waals surface area (Å²) in [5.41, 5.74) is 0. The van der Waals surface area contributed by atoms with Gasteiger partial charge in [-0.2, -0.15) is 0 Å². The molecule has 0 radical (unpaired) electrons. The number of carboxylic acids is 2. The van der Waals surface area contributed by atoms with Gasteiger partial charge in [-0.1, -0.05) is 24.3 Å². The molecule has 0 rings (SSSR count). The van der Waals surface area contributed by atoms with Crippen LogP contribution in [0.5, 0.6) is 0 Å². The Kier molecular flexibility index (Phi) is 5.00. The van der Waals surface area contributed by atoms with Crippen molar-refractivity contribution < 1.29 is 19.8 Å². The van der Waals surface area contributed by atoms with E-state index in [2.05, 4.69) is 0 Å². The molecule has 2 N–H and O–H groups in total. The second-order valence-electron chi connectivity index (χ2n) is 1.78. The van der Waals surface area contributed by atoms with Crippen molar-refractivity contribution in [2.45, 2.75) is 0 Å². The maximum Gasteiger partial charge on any atom is 0.328 e. The number of rotatable bonds is 4. The summed E-state index contributed by atoms with van der Waals surface area (Å²) >= 11 is 0. The van der Waals surface area contributed by atoms with Crippen molar-refractivity contribution in [3.05, 3.63) is 36.5 Å². The summed E-state index contributed by atoms with van der Waals surface area (Å²) in [7, 11) is 0. The molecule has 0 aromatic heterocycles. The molecule has 0 aliphatic rings. The third kappa shape index (κ3) is 8.16. The molecule has 12 heavy (non-hydrogen) atoms. The molecule has 0 fully saturated rings. The van der Waals surface area contributed by atoms with E-state index in [9.17, 15) is 9.59 Å². The molecule has 4 heteroatoms. The first-order chi connectivity index (χ1) is 5.63. The fourth-order valence-corrected chi connectivity index (χ4v) is 0.404. The van der Waals surface area contributed by atoms with Gasteiger partial charge in [0, 0.05) is 12.2 Å². The second-order valence-corrected chi connectivity index (χ2v) is 1.78. The Morgan fingerprint density at radius 3 is 1.33 bits per heavy atom. The van der Waals surface area contributed by atoms with Crippen LogP contribution in [0.2, 0.25) is 0 Å². The van der Waals surface area contributed by atoms with Crippen molar-refractivity contribution in [3.8, 4) is 0 Å². The maximum atomic E-state index is 9.91. The monoisotopic (exact) mass is 168 g/mol. The predicted molar refractivity (Wildman–Crippen MR) is 42.7 cm³/mol. The number of carbonyl (C=O) groups is 2. The van der Waals surface area contributed by atoms with Gasteiger partial charge in [0.25, 0.3) is 0 Å². The first kappa shape index (κ1) is 10.2. The number of carboxylic acid groups (broad SMARTS) is 2. The van der Waals surface area contributed by atoms with Crippen LogP contribution in [-0.4, -0.2) is 22.2 Å². The summed E-state index contributed by atoms with van der Waals surface area (Å²) in [5.74, 6) is -2.08. The Labute approximate surface area is 69.1 Å². The van der Waals surface area contributed by atoms with Gasteiger partial charge >= 0.3 is 11.9 Å². The lowest BCUT2D eigenvalue weighted by atomic mass is 10.4. The third-order valence-electron chi connectivity index (χ3n) is 0.811. The molecule has 0 aromatic rings. The van der Waals surface area contributed by atoms with Gasteiger partial charge < -0.3 is 10.2 Å². The summed E-state index contributed by atoms with van der Waals surface area (Å²) in [4.78, 5) is 19.8. The first-order valence-electron chi connectivity index (χ1n) is 3.10. The van der Waals surface area contributed by atoms with E-state index in [1.807, 2.05) is 0 Å². The fourth-order valence-electron chi connectivity index (χ4n) is 0.404. The van der Waals surface area contributed by atoms with E-state index in [1.165, 1.54) is 24.3 Å². The maximum absolute atomic E-state index is 9.91. The minimum Gasteiger partial charge on any atom is -0.478 e. The molecule has 0 aliphatic heterocycles. The summed E-state index contributed by atoms with van der Waals surface area (Å²) < 4.78 is 0. The number of allylic oxidation sites excluding steroid dienone is 4. The average Bonchev–Trinajstić information content (AvgIpc) is 1.95. The van der Waals surface area contributed by atoms with E-state index in [4.69, 9.17) is 10.2 Å². The summed E-state index contributed by atoms with van der Waals surface area (Å²) in [6.07, 6.45) is 7.35. The lowest BCUT2D eigenvalue weighted by Crippen LogP contribution is -1.84. The second kappa shape index (κ2) is 5.91. The Hall–Kier alpha value is -1.84. The molecule has 0 heterocycles. The lowest BCUT2D eigenvalue weighted by molar-refractivity contribution is -0.132. The zero-order valence-electron chi connectivity index (χ0n) is 6.18. The highest BCUT2D eigenvalue weighted by molar-refractivity contribution is 5.80. The van der Waals surface area contributed by atoms with E-state index in [-0.39, 0.29) is 0 Å². The van der Waals surface area contributed by atoms with Crippen LogP contribution in [-0.2, 0) is 9.59 Å². The van der Waals surface area contributed by atoms with Gasteiger partial charge in [0.15, 0.2) is 0 Å². The highest BCUT2D eigenvalue weighted by Gasteiger charge is 1.81. The van der Waals surface area contributed by atoms with Gasteiger partial charge in [0.2, 0.25) is 0 Å². The highest BCUT2D eigenvalue weighted by atomic mass is 16.4. The van der Waals surface area contributed by atoms with Gasteiger partial charge in [0.1, 0.15) is 0 Å². The smallest absolute Gasteiger partial charge is 0.328 e. The Bertz CT molecular complexity index is 222. The lowest BCUT2D eigenvalue weighted by Gasteiger charge is -1.75. The number of hydrogen-bond donors (Lipinski definition) is 2. The molecular formula is C8H8O4. The SMILES string of the molecule is O=C(O)/C=C/C=C/C=C/C(=O)O. The molecule has 0 aliphatic carbocycles. The van der Waals surface area contributed by atoms with Gasteiger partial charge in [-0.15, -0.1) is 0 Å². The van der Waals surface area contributed by atoms with Gasteiger partial charge in [0.05, 0.1) is 0 Å². The molecular weight excluding hydrogens is 160 g/mol. The van der Waals surface area contributed by atoms with Crippen LogP contribution in [0.15, 0.2) is 36.5 Å². The quantitative estimate of drug-likeness (QED) is 0.481. The van der Waals surface area contributed by atoms with E-state index in [0.717, 1.165) is 12.2 Å². The van der Waals surface area contributed by atoms with Crippen molar-refractivity contribution >= 4 is 11.9 Å². The number of aliphatic carboxylic acids is 2. The topological polar surface area (TPSA) is 74.6 Å². The van der Waals surface area contributed by atoms with Crippen molar-refractivity contribution in [2.24, 2.45) is 0 Å². The first-order valence-corrected chi connectivity index (χ1v) is 3.10. The van der Waals surface area contributed by atoms with Crippen LogP contribution >= 0.6 is 0 Å². The minimum absolute atomic E-state index is 0.950. The minimum atomic E-state index is -1.04. The van der Waals surface area contributed by atoms with Crippen LogP contribution in [0.3, 0.4) is 0 Å². The van der Waals surface area contributed by atoms with Crippen LogP contribution < -0.4 is 0 Å². The van der Waals surface area contributed by atoms with Crippen LogP contribution in [0.25, 0.3) is 0 Å². The number of hydrogen-bond acceptors (Lipinski definition) is 2. The standard InChI is InChI=1S/C8H8O4/c9-7(10)5-3-1-2-4-6-8(11)12/h1-6H,(H,9,10)(H,11,12)/b2-1+,5-3+,6-4+. The zero-order valence-corrected chi connectivity index (χ0v) is 6.18. The molecule has 0 aromatic carbocycles. The normalized spacial score (nSPS) is 11.7. The summed E-state index contributed by atoms with van der Waals surface area (Å²) in [5, 5.41) is 16.3. The van der Waals surface area contributed by atoms with E-state index >= 15 is 0 Å². The largest absolute Gasteiger partial charge is 0.478 e. The Balaban J connectivity index is 3.78. The van der Waals surface area contributed by atoms with Crippen LogP contribution in [0, 0.1) is 0 Å². The molecule has 0 amide bonds. The average molecular weight is 168 g/mol. The van der Waals surface area contributed by atoms with E-state index in [0.29, 0.717) is 0 Å². The predicted octanol–water partition coefficient (Wildman–Crippen LogP) is 0.824. The molecule has 0 spiro atoms. The van der Waals surface area contributed by atoms with E-state index in [1.54, 1.807) is 0 Å². The van der Waals surface area contributed by atoms with Crippen molar-refractivity contribution in [3.63, 3.8) is 0 Å². The molecule has 0 bridgehead atoms. The molecule has 0 saturated carbocycles. The van der Waals surface area contributed by atoms with Gasteiger partial charge in [-0.25, -0.2) is 9.59 Å². The highest BCUT2D eigenvalue weighted by Crippen LogP contribution is 1.80. The third-order valence-corrected chi connectivity index (χ3v) is 0.811. The Morgan fingerprint density at radius 2 is 1.08 bits per heavy atom. The van der Waals surface area contributed by atoms with Crippen molar-refractivity contribution in [2.75, 3.05) is 0 Å². The summed E-state index contributed by atoms with van der Waals surface area (Å²) in [6, 6.07) is 0. The zero-order chi connectivity index (χ0) is 9.40.